The molecule has 0 aliphatic carbocycles. The summed E-state index contributed by atoms with van der Waals surface area (Å²) in [7, 11) is 1.30. The van der Waals surface area contributed by atoms with Crippen molar-refractivity contribution in [2.75, 3.05) is 12.4 Å². The fraction of sp³-hybridized carbons (Fsp3) is 0.188. The number of aromatic nitrogens is 1. The molecule has 0 aliphatic rings. The zero-order valence-corrected chi connectivity index (χ0v) is 14.3. The van der Waals surface area contributed by atoms with E-state index in [1.807, 2.05) is 0 Å². The highest BCUT2D eigenvalue weighted by atomic mass is 35.5. The number of nitrogens with zero attached hydrogens (tertiary/aromatic N) is 1. The average Bonchev–Trinajstić information content (AvgIpc) is 2.58. The Morgan fingerprint density at radius 1 is 1.21 bits per heavy atom. The molecule has 1 heterocycles. The molecular weight excluding hydrogens is 353 g/mol. The first kappa shape index (κ1) is 18.2. The van der Waals surface area contributed by atoms with Gasteiger partial charge in [-0.25, -0.2) is 0 Å². The van der Waals surface area contributed by atoms with Crippen molar-refractivity contribution in [3.63, 3.8) is 0 Å². The lowest BCUT2D eigenvalue weighted by molar-refractivity contribution is -0.141. The lowest BCUT2D eigenvalue weighted by atomic mass is 10.0. The number of nitrogens with two attached hydrogens (primary N) is 1. The molecule has 24 heavy (non-hydrogen) atoms. The fourth-order valence-corrected chi connectivity index (χ4v) is 2.44. The van der Waals surface area contributed by atoms with E-state index in [4.69, 9.17) is 28.9 Å². The summed E-state index contributed by atoms with van der Waals surface area (Å²) in [6.07, 6.45) is 2.83. The summed E-state index contributed by atoms with van der Waals surface area (Å²) < 4.78 is 4.58. The smallest absolute Gasteiger partial charge is 0.307 e. The van der Waals surface area contributed by atoms with Crippen molar-refractivity contribution in [1.29, 1.82) is 0 Å². The highest BCUT2D eigenvalue weighted by Gasteiger charge is 2.14. The van der Waals surface area contributed by atoms with E-state index >= 15 is 0 Å². The fourth-order valence-electron chi connectivity index (χ4n) is 1.98. The third-order valence-corrected chi connectivity index (χ3v) is 3.88. The molecule has 1 aromatic carbocycles. The third kappa shape index (κ3) is 4.44. The van der Waals surface area contributed by atoms with Crippen LogP contribution in [-0.4, -0.2) is 24.0 Å². The van der Waals surface area contributed by atoms with Gasteiger partial charge in [0.25, 0.3) is 5.91 Å². The van der Waals surface area contributed by atoms with Gasteiger partial charge in [-0.15, -0.1) is 0 Å². The number of carbonyl (C=O) groups excluding carboxylic acids is 2. The Hall–Kier alpha value is -2.15. The van der Waals surface area contributed by atoms with Crippen molar-refractivity contribution in [2.45, 2.75) is 12.5 Å². The lowest BCUT2D eigenvalue weighted by Crippen LogP contribution is -2.17. The Morgan fingerprint density at radius 2 is 1.79 bits per heavy atom. The number of anilines is 1. The van der Waals surface area contributed by atoms with E-state index in [1.165, 1.54) is 19.5 Å². The van der Waals surface area contributed by atoms with Gasteiger partial charge in [0.1, 0.15) is 0 Å². The standard InChI is InChI=1S/C16H15Cl2N3O3/c1-24-14(22)6-13(19)9-2-4-10(5-3-9)16(23)21-15-11(17)7-20-8-12(15)18/h2-5,7-8,13H,6,19H2,1H3,(H,20,21,23). The van der Waals surface area contributed by atoms with Crippen LogP contribution in [0.2, 0.25) is 10.0 Å². The van der Waals surface area contributed by atoms with E-state index in [2.05, 4.69) is 15.0 Å². The van der Waals surface area contributed by atoms with Crippen LogP contribution in [0.4, 0.5) is 5.69 Å². The molecule has 0 saturated carbocycles. The zero-order valence-electron chi connectivity index (χ0n) is 12.8. The van der Waals surface area contributed by atoms with Crippen molar-refractivity contribution in [3.8, 4) is 0 Å². The van der Waals surface area contributed by atoms with Crippen LogP contribution in [0.25, 0.3) is 0 Å². The van der Waals surface area contributed by atoms with Crippen LogP contribution in [0.1, 0.15) is 28.4 Å². The number of ether oxygens (including phenoxy) is 1. The molecule has 1 atom stereocenters. The molecule has 1 unspecified atom stereocenters. The van der Waals surface area contributed by atoms with E-state index in [0.717, 1.165) is 5.56 Å². The second kappa shape index (κ2) is 8.10. The van der Waals surface area contributed by atoms with Crippen LogP contribution in [0.3, 0.4) is 0 Å². The Bertz CT molecular complexity index is 730. The van der Waals surface area contributed by atoms with Gasteiger partial charge in [-0.1, -0.05) is 35.3 Å². The van der Waals surface area contributed by atoms with E-state index in [1.54, 1.807) is 24.3 Å². The molecule has 2 rings (SSSR count). The lowest BCUT2D eigenvalue weighted by Gasteiger charge is -2.12. The number of nitrogens with one attached hydrogen (secondary N) is 1. The summed E-state index contributed by atoms with van der Waals surface area (Å²) in [6.45, 7) is 0. The third-order valence-electron chi connectivity index (χ3n) is 3.31. The van der Waals surface area contributed by atoms with Gasteiger partial charge in [0.15, 0.2) is 0 Å². The molecule has 6 nitrogen and oxygen atoms in total. The van der Waals surface area contributed by atoms with Gasteiger partial charge in [0.2, 0.25) is 0 Å². The molecule has 1 amide bonds. The summed E-state index contributed by atoms with van der Waals surface area (Å²) >= 11 is 11.9. The van der Waals surface area contributed by atoms with Crippen LogP contribution in [-0.2, 0) is 9.53 Å². The van der Waals surface area contributed by atoms with Crippen LogP contribution in [0, 0.1) is 0 Å². The number of hydrogen-bond acceptors (Lipinski definition) is 5. The number of halogens is 2. The van der Waals surface area contributed by atoms with Crippen molar-refractivity contribution in [1.82, 2.24) is 4.98 Å². The molecule has 0 saturated heterocycles. The monoisotopic (exact) mass is 367 g/mol. The number of carbonyl (C=O) groups is 2. The number of esters is 1. The predicted molar refractivity (Wildman–Crippen MR) is 92.2 cm³/mol. The van der Waals surface area contributed by atoms with E-state index in [9.17, 15) is 9.59 Å². The number of methoxy groups -OCH3 is 1. The number of pyridine rings is 1. The van der Waals surface area contributed by atoms with Gasteiger partial charge < -0.3 is 15.8 Å². The van der Waals surface area contributed by atoms with Crippen LogP contribution in [0.5, 0.6) is 0 Å². The average molecular weight is 368 g/mol. The van der Waals surface area contributed by atoms with Crippen LogP contribution in [0.15, 0.2) is 36.7 Å². The molecule has 2 aromatic rings. The molecule has 8 heteroatoms. The maximum absolute atomic E-state index is 12.3. The molecule has 0 fully saturated rings. The van der Waals surface area contributed by atoms with Crippen LogP contribution < -0.4 is 11.1 Å². The number of amides is 1. The molecule has 0 bridgehead atoms. The Morgan fingerprint density at radius 3 is 2.33 bits per heavy atom. The highest BCUT2D eigenvalue weighted by Crippen LogP contribution is 2.29. The summed E-state index contributed by atoms with van der Waals surface area (Å²) in [5, 5.41) is 3.12. The zero-order chi connectivity index (χ0) is 17.7. The number of benzene rings is 1. The second-order valence-electron chi connectivity index (χ2n) is 4.94. The summed E-state index contributed by atoms with van der Waals surface area (Å²) in [4.78, 5) is 27.3. The number of rotatable bonds is 5. The number of hydrogen-bond donors (Lipinski definition) is 2. The van der Waals surface area contributed by atoms with E-state index in [0.29, 0.717) is 11.3 Å². The van der Waals surface area contributed by atoms with Crippen molar-refractivity contribution < 1.29 is 14.3 Å². The highest BCUT2D eigenvalue weighted by molar-refractivity contribution is 6.39. The summed E-state index contributed by atoms with van der Waals surface area (Å²) in [6, 6.07) is 6.06. The minimum absolute atomic E-state index is 0.0598. The molecule has 3 N–H and O–H groups in total. The summed E-state index contributed by atoms with van der Waals surface area (Å²) in [5.41, 5.74) is 7.33. The molecule has 0 aliphatic heterocycles. The Labute approximate surface area is 148 Å². The maximum Gasteiger partial charge on any atom is 0.307 e. The first-order valence-electron chi connectivity index (χ1n) is 6.95. The summed E-state index contributed by atoms with van der Waals surface area (Å²) in [5.74, 6) is -0.774. The van der Waals surface area contributed by atoms with Gasteiger partial charge in [-0.2, -0.15) is 0 Å². The largest absolute Gasteiger partial charge is 0.469 e. The SMILES string of the molecule is COC(=O)CC(N)c1ccc(C(=O)Nc2c(Cl)cncc2Cl)cc1. The van der Waals surface area contributed by atoms with Crippen LogP contribution >= 0.6 is 23.2 Å². The minimum atomic E-state index is -0.501. The molecule has 1 aromatic heterocycles. The topological polar surface area (TPSA) is 94.3 Å². The second-order valence-corrected chi connectivity index (χ2v) is 5.76. The van der Waals surface area contributed by atoms with Gasteiger partial charge in [-0.05, 0) is 17.7 Å². The molecular formula is C16H15Cl2N3O3. The van der Waals surface area contributed by atoms with Crippen molar-refractivity contribution >= 4 is 40.8 Å². The molecule has 0 spiro atoms. The Balaban J connectivity index is 2.10. The van der Waals surface area contributed by atoms with Gasteiger partial charge >= 0.3 is 5.97 Å². The first-order chi connectivity index (χ1) is 11.4. The van der Waals surface area contributed by atoms with E-state index in [-0.39, 0.29) is 22.4 Å². The maximum atomic E-state index is 12.3. The molecule has 126 valence electrons. The van der Waals surface area contributed by atoms with Crippen molar-refractivity contribution in [3.05, 3.63) is 57.8 Å². The molecule has 0 radical (unpaired) electrons. The minimum Gasteiger partial charge on any atom is -0.469 e. The van der Waals surface area contributed by atoms with Gasteiger partial charge in [0.05, 0.1) is 29.3 Å². The van der Waals surface area contributed by atoms with Gasteiger partial charge in [-0.3, -0.25) is 14.6 Å². The normalized spacial score (nSPS) is 11.7. The Kier molecular flexibility index (Phi) is 6.14. The first-order valence-corrected chi connectivity index (χ1v) is 7.70. The quantitative estimate of drug-likeness (QED) is 0.791. The predicted octanol–water partition coefficient (Wildman–Crippen LogP) is 3.20. The van der Waals surface area contributed by atoms with E-state index < -0.39 is 12.0 Å². The van der Waals surface area contributed by atoms with Gasteiger partial charge in [0, 0.05) is 24.0 Å². The van der Waals surface area contributed by atoms with Crippen molar-refractivity contribution in [2.24, 2.45) is 5.73 Å².